The summed E-state index contributed by atoms with van der Waals surface area (Å²) in [5.41, 5.74) is 2.90. The first-order chi connectivity index (χ1) is 9.49. The second-order valence-electron chi connectivity index (χ2n) is 5.23. The van der Waals surface area contributed by atoms with Crippen LogP contribution < -0.4 is 11.3 Å². The van der Waals surface area contributed by atoms with E-state index in [-0.39, 0.29) is 18.0 Å². The Labute approximate surface area is 117 Å². The van der Waals surface area contributed by atoms with E-state index in [0.717, 1.165) is 13.1 Å². The highest BCUT2D eigenvalue weighted by Crippen LogP contribution is 2.17. The SMILES string of the molecule is CC1CN(Cc2cc(C(=O)NN)ccc2F)CC(C)O1. The van der Waals surface area contributed by atoms with Crippen molar-refractivity contribution in [3.8, 4) is 0 Å². The molecule has 1 aliphatic rings. The van der Waals surface area contributed by atoms with Crippen LogP contribution in [0.25, 0.3) is 0 Å². The average Bonchev–Trinajstić information content (AvgIpc) is 2.39. The number of nitrogens with zero attached hydrogens (tertiary/aromatic N) is 1. The van der Waals surface area contributed by atoms with Crippen LogP contribution in [-0.2, 0) is 11.3 Å². The number of hydrazine groups is 1. The number of morpholine rings is 1. The van der Waals surface area contributed by atoms with E-state index in [9.17, 15) is 9.18 Å². The molecule has 3 N–H and O–H groups in total. The van der Waals surface area contributed by atoms with Crippen LogP contribution in [-0.4, -0.2) is 36.1 Å². The van der Waals surface area contributed by atoms with Crippen LogP contribution >= 0.6 is 0 Å². The number of nitrogens with two attached hydrogens (primary N) is 1. The van der Waals surface area contributed by atoms with E-state index in [1.54, 1.807) is 6.07 Å². The summed E-state index contributed by atoms with van der Waals surface area (Å²) in [6, 6.07) is 4.27. The molecule has 0 radical (unpaired) electrons. The predicted octanol–water partition coefficient (Wildman–Crippen LogP) is 1.04. The molecular weight excluding hydrogens is 261 g/mol. The molecule has 1 aliphatic heterocycles. The Morgan fingerprint density at radius 2 is 2.10 bits per heavy atom. The summed E-state index contributed by atoms with van der Waals surface area (Å²) in [4.78, 5) is 13.6. The van der Waals surface area contributed by atoms with Gasteiger partial charge in [-0.3, -0.25) is 15.1 Å². The van der Waals surface area contributed by atoms with Gasteiger partial charge >= 0.3 is 0 Å². The second-order valence-corrected chi connectivity index (χ2v) is 5.23. The Hall–Kier alpha value is -1.50. The van der Waals surface area contributed by atoms with E-state index in [2.05, 4.69) is 10.3 Å². The molecule has 0 aromatic heterocycles. The lowest BCUT2D eigenvalue weighted by Crippen LogP contribution is -2.45. The number of halogens is 1. The molecule has 1 aromatic rings. The van der Waals surface area contributed by atoms with Crippen molar-refractivity contribution in [2.75, 3.05) is 13.1 Å². The zero-order valence-electron chi connectivity index (χ0n) is 11.7. The van der Waals surface area contributed by atoms with Gasteiger partial charge in [-0.15, -0.1) is 0 Å². The zero-order chi connectivity index (χ0) is 14.7. The predicted molar refractivity (Wildman–Crippen MR) is 73.3 cm³/mol. The Bertz CT molecular complexity index is 485. The summed E-state index contributed by atoms with van der Waals surface area (Å²) in [6.07, 6.45) is 0.245. The fourth-order valence-electron chi connectivity index (χ4n) is 2.57. The van der Waals surface area contributed by atoms with E-state index < -0.39 is 5.91 Å². The highest BCUT2D eigenvalue weighted by atomic mass is 19.1. The van der Waals surface area contributed by atoms with Gasteiger partial charge in [0.15, 0.2) is 0 Å². The molecule has 2 atom stereocenters. The van der Waals surface area contributed by atoms with Gasteiger partial charge in [-0.05, 0) is 32.0 Å². The van der Waals surface area contributed by atoms with Gasteiger partial charge in [0, 0.05) is 30.8 Å². The van der Waals surface area contributed by atoms with Gasteiger partial charge in [0.25, 0.3) is 5.91 Å². The summed E-state index contributed by atoms with van der Waals surface area (Å²) in [5.74, 6) is 4.36. The largest absolute Gasteiger partial charge is 0.373 e. The van der Waals surface area contributed by atoms with Gasteiger partial charge in [0.05, 0.1) is 12.2 Å². The molecular formula is C14H20FN3O2. The van der Waals surface area contributed by atoms with Gasteiger partial charge in [-0.25, -0.2) is 10.2 Å². The molecule has 2 rings (SSSR count). The fourth-order valence-corrected chi connectivity index (χ4v) is 2.57. The van der Waals surface area contributed by atoms with Crippen LogP contribution in [0.1, 0.15) is 29.8 Å². The van der Waals surface area contributed by atoms with E-state index >= 15 is 0 Å². The van der Waals surface area contributed by atoms with Crippen molar-refractivity contribution in [2.45, 2.75) is 32.6 Å². The number of carbonyl (C=O) groups is 1. The maximum Gasteiger partial charge on any atom is 0.265 e. The van der Waals surface area contributed by atoms with Crippen molar-refractivity contribution in [1.29, 1.82) is 0 Å². The molecule has 0 spiro atoms. The molecule has 1 aromatic carbocycles. The topological polar surface area (TPSA) is 67.6 Å². The molecule has 1 amide bonds. The third kappa shape index (κ3) is 3.53. The molecule has 1 heterocycles. The van der Waals surface area contributed by atoms with Crippen LogP contribution in [0.4, 0.5) is 4.39 Å². The van der Waals surface area contributed by atoms with E-state index in [1.807, 2.05) is 13.8 Å². The minimum absolute atomic E-state index is 0.123. The second kappa shape index (κ2) is 6.30. The number of hydrogen-bond donors (Lipinski definition) is 2. The third-order valence-corrected chi connectivity index (χ3v) is 3.33. The molecule has 5 nitrogen and oxygen atoms in total. The number of amides is 1. The van der Waals surface area contributed by atoms with Gasteiger partial charge in [0.2, 0.25) is 0 Å². The fraction of sp³-hybridized carbons (Fsp3) is 0.500. The van der Waals surface area contributed by atoms with E-state index in [0.29, 0.717) is 17.7 Å². The molecule has 0 saturated carbocycles. The molecule has 1 saturated heterocycles. The highest BCUT2D eigenvalue weighted by Gasteiger charge is 2.23. The number of carbonyl (C=O) groups excluding carboxylic acids is 1. The lowest BCUT2D eigenvalue weighted by Gasteiger charge is -2.35. The minimum Gasteiger partial charge on any atom is -0.373 e. The monoisotopic (exact) mass is 281 g/mol. The maximum absolute atomic E-state index is 13.9. The molecule has 2 unspecified atom stereocenters. The summed E-state index contributed by atoms with van der Waals surface area (Å²) in [6.45, 7) is 5.94. The van der Waals surface area contributed by atoms with Gasteiger partial charge in [-0.2, -0.15) is 0 Å². The normalized spacial score (nSPS) is 23.6. The molecule has 110 valence electrons. The van der Waals surface area contributed by atoms with Crippen LogP contribution in [0.15, 0.2) is 18.2 Å². The van der Waals surface area contributed by atoms with Crippen LogP contribution in [0.3, 0.4) is 0 Å². The summed E-state index contributed by atoms with van der Waals surface area (Å²) in [5, 5.41) is 0. The van der Waals surface area contributed by atoms with Gasteiger partial charge in [-0.1, -0.05) is 0 Å². The summed E-state index contributed by atoms with van der Waals surface area (Å²) in [7, 11) is 0. The van der Waals surface area contributed by atoms with Crippen LogP contribution in [0, 0.1) is 5.82 Å². The average molecular weight is 281 g/mol. The highest BCUT2D eigenvalue weighted by molar-refractivity contribution is 5.93. The quantitative estimate of drug-likeness (QED) is 0.493. The number of rotatable bonds is 3. The van der Waals surface area contributed by atoms with Crippen molar-refractivity contribution in [1.82, 2.24) is 10.3 Å². The molecule has 6 heteroatoms. The van der Waals surface area contributed by atoms with Crippen LogP contribution in [0.2, 0.25) is 0 Å². The first-order valence-corrected chi connectivity index (χ1v) is 6.66. The number of nitrogens with one attached hydrogen (secondary N) is 1. The lowest BCUT2D eigenvalue weighted by molar-refractivity contribution is -0.0707. The molecule has 20 heavy (non-hydrogen) atoms. The Morgan fingerprint density at radius 1 is 1.45 bits per heavy atom. The molecule has 0 bridgehead atoms. The first kappa shape index (κ1) is 14.9. The van der Waals surface area contributed by atoms with Crippen molar-refractivity contribution in [3.63, 3.8) is 0 Å². The number of benzene rings is 1. The first-order valence-electron chi connectivity index (χ1n) is 6.66. The Balaban J connectivity index is 2.13. The minimum atomic E-state index is -0.421. The lowest BCUT2D eigenvalue weighted by atomic mass is 10.1. The van der Waals surface area contributed by atoms with Gasteiger partial charge < -0.3 is 4.74 Å². The Morgan fingerprint density at radius 3 is 2.70 bits per heavy atom. The van der Waals surface area contributed by atoms with E-state index in [4.69, 9.17) is 10.6 Å². The standard InChI is InChI=1S/C14H20FN3O2/c1-9-6-18(7-10(2)20-9)8-12-5-11(14(19)17-16)3-4-13(12)15/h3-5,9-10H,6-8,16H2,1-2H3,(H,17,19). The third-order valence-electron chi connectivity index (χ3n) is 3.33. The van der Waals surface area contributed by atoms with Crippen molar-refractivity contribution in [3.05, 3.63) is 35.1 Å². The van der Waals surface area contributed by atoms with Crippen molar-refractivity contribution in [2.24, 2.45) is 5.84 Å². The van der Waals surface area contributed by atoms with Crippen molar-refractivity contribution >= 4 is 5.91 Å². The van der Waals surface area contributed by atoms with E-state index in [1.165, 1.54) is 12.1 Å². The maximum atomic E-state index is 13.9. The molecule has 1 fully saturated rings. The number of ether oxygens (including phenoxy) is 1. The summed E-state index contributed by atoms with van der Waals surface area (Å²) >= 11 is 0. The Kier molecular flexibility index (Phi) is 4.69. The van der Waals surface area contributed by atoms with Crippen molar-refractivity contribution < 1.29 is 13.9 Å². The number of nitrogen functional groups attached to an aromatic ring is 1. The number of hydrogen-bond acceptors (Lipinski definition) is 4. The zero-order valence-corrected chi connectivity index (χ0v) is 11.7. The molecule has 0 aliphatic carbocycles. The smallest absolute Gasteiger partial charge is 0.265 e. The van der Waals surface area contributed by atoms with Gasteiger partial charge in [0.1, 0.15) is 5.82 Å². The van der Waals surface area contributed by atoms with Crippen LogP contribution in [0.5, 0.6) is 0 Å². The summed E-state index contributed by atoms with van der Waals surface area (Å²) < 4.78 is 19.5.